The Morgan fingerprint density at radius 2 is 2.09 bits per heavy atom. The molecule has 1 aliphatic carbocycles. The summed E-state index contributed by atoms with van der Waals surface area (Å²) in [5, 5.41) is 9.44. The summed E-state index contributed by atoms with van der Waals surface area (Å²) >= 11 is 13.1. The van der Waals surface area contributed by atoms with E-state index in [4.69, 9.17) is 23.2 Å². The van der Waals surface area contributed by atoms with Crippen molar-refractivity contribution >= 4 is 34.5 Å². The fourth-order valence-corrected chi connectivity index (χ4v) is 3.29. The highest BCUT2D eigenvalue weighted by molar-refractivity contribution is 7.20. The summed E-state index contributed by atoms with van der Waals surface area (Å²) in [5.41, 5.74) is 1.91. The van der Waals surface area contributed by atoms with Gasteiger partial charge in [0.15, 0.2) is 0 Å². The molecule has 1 heterocycles. The van der Waals surface area contributed by atoms with Gasteiger partial charge in [0, 0.05) is 5.56 Å². The minimum atomic E-state index is -0.388. The lowest BCUT2D eigenvalue weighted by atomic mass is 10.2. The maximum Gasteiger partial charge on any atom is 0.100 e. The molecule has 1 atom stereocenters. The van der Waals surface area contributed by atoms with Gasteiger partial charge in [-0.05, 0) is 18.4 Å². The Morgan fingerprint density at radius 1 is 1.36 bits per heavy atom. The lowest BCUT2D eigenvalue weighted by Crippen LogP contribution is -1.87. The van der Waals surface area contributed by atoms with Gasteiger partial charge in [0.2, 0.25) is 0 Å². The topological polar surface area (TPSA) is 20.2 Å². The van der Waals surface area contributed by atoms with E-state index in [2.05, 4.69) is 0 Å². The summed E-state index contributed by atoms with van der Waals surface area (Å²) in [6, 6.07) is 0. The van der Waals surface area contributed by atoms with Crippen LogP contribution < -0.4 is 0 Å². The minimum Gasteiger partial charge on any atom is -0.388 e. The molecule has 1 N–H and O–H groups in total. The van der Waals surface area contributed by atoms with Crippen LogP contribution in [0.5, 0.6) is 0 Å². The Balaban J connectivity index is 2.60. The zero-order valence-electron chi connectivity index (χ0n) is 5.60. The third-order valence-corrected chi connectivity index (χ3v) is 3.67. The van der Waals surface area contributed by atoms with Crippen LogP contribution in [-0.2, 0) is 6.42 Å². The zero-order valence-corrected chi connectivity index (χ0v) is 7.93. The molecular formula is C7H6Cl2OS. The van der Waals surface area contributed by atoms with Crippen molar-refractivity contribution in [2.45, 2.75) is 18.9 Å². The number of thiophene rings is 1. The number of hydrogen-bond donors (Lipinski definition) is 1. The van der Waals surface area contributed by atoms with Crippen LogP contribution in [0.15, 0.2) is 0 Å². The fourth-order valence-electron chi connectivity index (χ4n) is 1.41. The van der Waals surface area contributed by atoms with Crippen molar-refractivity contribution in [1.29, 1.82) is 0 Å². The van der Waals surface area contributed by atoms with Crippen LogP contribution in [0.25, 0.3) is 0 Å². The first-order chi connectivity index (χ1) is 5.20. The third kappa shape index (κ3) is 1.09. The Kier molecular flexibility index (Phi) is 1.88. The van der Waals surface area contributed by atoms with Crippen LogP contribution in [0.4, 0.5) is 0 Å². The lowest BCUT2D eigenvalue weighted by Gasteiger charge is -1.98. The van der Waals surface area contributed by atoms with E-state index in [1.165, 1.54) is 11.3 Å². The summed E-state index contributed by atoms with van der Waals surface area (Å²) in [6.07, 6.45) is 1.23. The van der Waals surface area contributed by atoms with Crippen molar-refractivity contribution in [3.63, 3.8) is 0 Å². The average Bonchev–Trinajstić information content (AvgIpc) is 2.41. The number of rotatable bonds is 0. The van der Waals surface area contributed by atoms with Gasteiger partial charge in [-0.15, -0.1) is 11.3 Å². The van der Waals surface area contributed by atoms with Gasteiger partial charge < -0.3 is 5.11 Å². The smallest absolute Gasteiger partial charge is 0.100 e. The van der Waals surface area contributed by atoms with Gasteiger partial charge in [-0.1, -0.05) is 23.2 Å². The molecule has 0 radical (unpaired) electrons. The van der Waals surface area contributed by atoms with Crippen molar-refractivity contribution in [2.75, 3.05) is 0 Å². The Morgan fingerprint density at radius 3 is 2.73 bits per heavy atom. The van der Waals surface area contributed by atoms with Crippen molar-refractivity contribution < 1.29 is 5.11 Å². The van der Waals surface area contributed by atoms with Gasteiger partial charge in [0.25, 0.3) is 0 Å². The van der Waals surface area contributed by atoms with Gasteiger partial charge in [-0.25, -0.2) is 0 Å². The van der Waals surface area contributed by atoms with Crippen molar-refractivity contribution in [3.8, 4) is 0 Å². The van der Waals surface area contributed by atoms with Gasteiger partial charge >= 0.3 is 0 Å². The molecule has 1 aromatic heterocycles. The van der Waals surface area contributed by atoms with Crippen molar-refractivity contribution in [1.82, 2.24) is 0 Å². The van der Waals surface area contributed by atoms with Gasteiger partial charge in [0.05, 0.1) is 10.4 Å². The molecular weight excluding hydrogens is 203 g/mol. The maximum atomic E-state index is 9.44. The standard InChI is InChI=1S/C7H6Cl2OS/c8-6-3-1-2-4(10)5(3)7(9)11-6/h4,10H,1-2H2. The first-order valence-corrected chi connectivity index (χ1v) is 4.92. The van der Waals surface area contributed by atoms with E-state index >= 15 is 0 Å². The van der Waals surface area contributed by atoms with Crippen LogP contribution in [0.1, 0.15) is 23.7 Å². The van der Waals surface area contributed by atoms with Crippen LogP contribution in [0.3, 0.4) is 0 Å². The molecule has 0 saturated heterocycles. The first kappa shape index (κ1) is 7.87. The Hall–Kier alpha value is 0.240. The average molecular weight is 209 g/mol. The Labute approximate surface area is 78.6 Å². The van der Waals surface area contributed by atoms with E-state index < -0.39 is 0 Å². The van der Waals surface area contributed by atoms with E-state index in [-0.39, 0.29) is 6.10 Å². The Bertz CT molecular complexity index is 295. The molecule has 4 heteroatoms. The molecule has 0 bridgehead atoms. The van der Waals surface area contributed by atoms with E-state index in [1.807, 2.05) is 0 Å². The number of fused-ring (bicyclic) bond motifs is 1. The maximum absolute atomic E-state index is 9.44. The number of aliphatic hydroxyl groups excluding tert-OH is 1. The monoisotopic (exact) mass is 208 g/mol. The molecule has 0 saturated carbocycles. The second-order valence-corrected chi connectivity index (χ2v) is 4.82. The van der Waals surface area contributed by atoms with E-state index in [1.54, 1.807) is 0 Å². The highest BCUT2D eigenvalue weighted by Crippen LogP contribution is 2.45. The van der Waals surface area contributed by atoms with Crippen LogP contribution in [-0.4, -0.2) is 5.11 Å². The first-order valence-electron chi connectivity index (χ1n) is 3.34. The summed E-state index contributed by atoms with van der Waals surface area (Å²) in [5.74, 6) is 0. The molecule has 0 fully saturated rings. The summed E-state index contributed by atoms with van der Waals surface area (Å²) in [7, 11) is 0. The molecule has 1 unspecified atom stereocenters. The molecule has 0 amide bonds. The molecule has 11 heavy (non-hydrogen) atoms. The lowest BCUT2D eigenvalue weighted by molar-refractivity contribution is 0.180. The highest BCUT2D eigenvalue weighted by atomic mass is 35.5. The second-order valence-electron chi connectivity index (χ2n) is 2.60. The van der Waals surface area contributed by atoms with Gasteiger partial charge in [-0.3, -0.25) is 0 Å². The number of hydrogen-bond acceptors (Lipinski definition) is 2. The molecule has 1 nitrogen and oxygen atoms in total. The quantitative estimate of drug-likeness (QED) is 0.696. The predicted octanol–water partition coefficient (Wildman–Crippen LogP) is 3.03. The molecule has 60 valence electrons. The van der Waals surface area contributed by atoms with Crippen LogP contribution >= 0.6 is 34.5 Å². The normalized spacial score (nSPS) is 22.3. The molecule has 0 spiro atoms. The predicted molar refractivity (Wildman–Crippen MR) is 47.6 cm³/mol. The largest absolute Gasteiger partial charge is 0.388 e. The zero-order chi connectivity index (χ0) is 8.01. The molecule has 2 rings (SSSR count). The SMILES string of the molecule is OC1CCc2c(Cl)sc(Cl)c21. The van der Waals surface area contributed by atoms with Crippen LogP contribution in [0.2, 0.25) is 8.67 Å². The summed E-state index contributed by atoms with van der Waals surface area (Å²) < 4.78 is 1.39. The molecule has 0 aromatic carbocycles. The van der Waals surface area contributed by atoms with Gasteiger partial charge in [0.1, 0.15) is 4.34 Å². The van der Waals surface area contributed by atoms with E-state index in [0.717, 1.165) is 28.3 Å². The highest BCUT2D eigenvalue weighted by Gasteiger charge is 2.27. The molecule has 1 aromatic rings. The fraction of sp³-hybridized carbons (Fsp3) is 0.429. The summed E-state index contributed by atoms with van der Waals surface area (Å²) in [4.78, 5) is 0. The van der Waals surface area contributed by atoms with E-state index in [0.29, 0.717) is 4.34 Å². The number of halogens is 2. The molecule has 1 aliphatic rings. The van der Waals surface area contributed by atoms with Crippen molar-refractivity contribution in [3.05, 3.63) is 19.8 Å². The van der Waals surface area contributed by atoms with E-state index in [9.17, 15) is 5.11 Å². The van der Waals surface area contributed by atoms with Crippen molar-refractivity contribution in [2.24, 2.45) is 0 Å². The second kappa shape index (κ2) is 2.63. The van der Waals surface area contributed by atoms with Gasteiger partial charge in [-0.2, -0.15) is 0 Å². The molecule has 0 aliphatic heterocycles. The third-order valence-electron chi connectivity index (χ3n) is 1.95. The summed E-state index contributed by atoms with van der Waals surface area (Å²) in [6.45, 7) is 0. The van der Waals surface area contributed by atoms with Crippen LogP contribution in [0, 0.1) is 0 Å². The number of aliphatic hydroxyl groups is 1. The minimum absolute atomic E-state index is 0.388.